The first kappa shape index (κ1) is 28.2. The van der Waals surface area contributed by atoms with Crippen molar-refractivity contribution in [2.75, 3.05) is 46.6 Å². The molecule has 1 amide bonds. The van der Waals surface area contributed by atoms with Gasteiger partial charge in [0.2, 0.25) is 15.9 Å². The molecule has 0 saturated carbocycles. The Bertz CT molecular complexity index is 1460. The van der Waals surface area contributed by atoms with Crippen LogP contribution in [0.5, 0.6) is 11.6 Å². The maximum absolute atomic E-state index is 13.6. The molecule has 39 heavy (non-hydrogen) atoms. The highest BCUT2D eigenvalue weighted by Crippen LogP contribution is 2.37. The van der Waals surface area contributed by atoms with E-state index in [1.54, 1.807) is 19.1 Å². The van der Waals surface area contributed by atoms with Crippen LogP contribution >= 0.6 is 0 Å². The number of methoxy groups -OCH3 is 1. The number of hydrogen-bond donors (Lipinski definition) is 1. The van der Waals surface area contributed by atoms with Crippen LogP contribution in [0.2, 0.25) is 0 Å². The number of nitro benzene ring substituents is 1. The Labute approximate surface area is 225 Å². The number of nitro groups is 1. The van der Waals surface area contributed by atoms with Crippen molar-refractivity contribution >= 4 is 21.6 Å². The maximum Gasteiger partial charge on any atom is 0.272 e. The fourth-order valence-electron chi connectivity index (χ4n) is 3.95. The average molecular weight is 560 g/mol. The molecule has 1 saturated heterocycles. The molecule has 0 aliphatic carbocycles. The number of rotatable bonds is 10. The molecule has 0 bridgehead atoms. The molecular formula is C25H29N5O8S. The van der Waals surface area contributed by atoms with E-state index in [0.29, 0.717) is 17.9 Å². The second kappa shape index (κ2) is 11.9. The lowest BCUT2D eigenvalue weighted by molar-refractivity contribution is -0.385. The number of hydrogen-bond acceptors (Lipinski definition) is 9. The van der Waals surface area contributed by atoms with E-state index in [1.165, 1.54) is 22.2 Å². The lowest BCUT2D eigenvalue weighted by Gasteiger charge is -2.26. The Kier molecular flexibility index (Phi) is 8.60. The molecule has 3 aromatic rings. The highest BCUT2D eigenvalue weighted by molar-refractivity contribution is 7.89. The number of ether oxygens (including phenoxy) is 3. The summed E-state index contributed by atoms with van der Waals surface area (Å²) >= 11 is 0. The van der Waals surface area contributed by atoms with Gasteiger partial charge in [-0.1, -0.05) is 17.7 Å². The minimum absolute atomic E-state index is 0.0705. The van der Waals surface area contributed by atoms with Crippen molar-refractivity contribution < 1.29 is 32.3 Å². The average Bonchev–Trinajstić information content (AvgIpc) is 3.25. The molecule has 1 N–H and O–H groups in total. The number of non-ortho nitro benzene ring substituents is 1. The Morgan fingerprint density at radius 2 is 1.85 bits per heavy atom. The second-order valence-corrected chi connectivity index (χ2v) is 10.7. The van der Waals surface area contributed by atoms with Gasteiger partial charge in [0.15, 0.2) is 5.69 Å². The van der Waals surface area contributed by atoms with Crippen LogP contribution in [0.15, 0.2) is 47.4 Å². The Morgan fingerprint density at radius 1 is 1.15 bits per heavy atom. The summed E-state index contributed by atoms with van der Waals surface area (Å²) in [5.41, 5.74) is 1.57. The largest absolute Gasteiger partial charge is 0.437 e. The standard InChI is InChI=1S/C25H29N5O8S/c1-17-4-6-19(7-5-17)29-25(18(2)23(27-29)24(31)26-10-13-36-3)38-21-9-8-20(30(32)33)16-22(21)39(34,35)28-11-14-37-15-12-28/h4-9,16H,10-15H2,1-3H3,(H,26,31). The molecule has 1 aliphatic rings. The van der Waals surface area contributed by atoms with Crippen LogP contribution in [0.25, 0.3) is 5.69 Å². The van der Waals surface area contributed by atoms with Crippen LogP contribution in [0, 0.1) is 24.0 Å². The molecule has 2 heterocycles. The number of benzene rings is 2. The van der Waals surface area contributed by atoms with E-state index in [1.807, 2.05) is 19.1 Å². The zero-order chi connectivity index (χ0) is 28.2. The van der Waals surface area contributed by atoms with Gasteiger partial charge in [0.1, 0.15) is 10.6 Å². The minimum Gasteiger partial charge on any atom is -0.437 e. The molecule has 208 valence electrons. The molecule has 4 rings (SSSR count). The topological polar surface area (TPSA) is 155 Å². The summed E-state index contributed by atoms with van der Waals surface area (Å²) in [5, 5.41) is 18.7. The van der Waals surface area contributed by atoms with Crippen molar-refractivity contribution in [3.63, 3.8) is 0 Å². The molecule has 0 atom stereocenters. The van der Waals surface area contributed by atoms with Crippen LogP contribution in [0.3, 0.4) is 0 Å². The Hall–Kier alpha value is -3.85. The summed E-state index contributed by atoms with van der Waals surface area (Å²) in [4.78, 5) is 23.4. The van der Waals surface area contributed by atoms with Crippen LogP contribution in [0.4, 0.5) is 5.69 Å². The third kappa shape index (κ3) is 6.09. The quantitative estimate of drug-likeness (QED) is 0.224. The molecule has 2 aromatic carbocycles. The number of carbonyl (C=O) groups is 1. The molecule has 0 unspecified atom stereocenters. The first-order valence-corrected chi connectivity index (χ1v) is 13.6. The Balaban J connectivity index is 1.83. The van der Waals surface area contributed by atoms with E-state index in [2.05, 4.69) is 10.4 Å². The number of aryl methyl sites for hydroxylation is 1. The zero-order valence-electron chi connectivity index (χ0n) is 21.7. The molecule has 0 radical (unpaired) electrons. The Morgan fingerprint density at radius 3 is 2.49 bits per heavy atom. The van der Waals surface area contributed by atoms with Gasteiger partial charge in [-0.15, -0.1) is 0 Å². The second-order valence-electron chi connectivity index (χ2n) is 8.78. The van der Waals surface area contributed by atoms with E-state index < -0.39 is 26.5 Å². The number of amides is 1. The summed E-state index contributed by atoms with van der Waals surface area (Å²) < 4.78 is 46.2. The van der Waals surface area contributed by atoms with E-state index in [4.69, 9.17) is 14.2 Å². The lowest BCUT2D eigenvalue weighted by Crippen LogP contribution is -2.40. The van der Waals surface area contributed by atoms with Gasteiger partial charge in [-0.25, -0.2) is 8.42 Å². The van der Waals surface area contributed by atoms with Crippen molar-refractivity contribution in [1.82, 2.24) is 19.4 Å². The van der Waals surface area contributed by atoms with Gasteiger partial charge in [0.05, 0.1) is 30.4 Å². The van der Waals surface area contributed by atoms with Gasteiger partial charge in [-0.05, 0) is 32.0 Å². The predicted molar refractivity (Wildman–Crippen MR) is 140 cm³/mol. The third-order valence-corrected chi connectivity index (χ3v) is 8.01. The number of nitrogens with one attached hydrogen (secondary N) is 1. The molecule has 14 heteroatoms. The minimum atomic E-state index is -4.19. The number of sulfonamides is 1. The smallest absolute Gasteiger partial charge is 0.272 e. The van der Waals surface area contributed by atoms with Crippen LogP contribution in [-0.2, 0) is 19.5 Å². The van der Waals surface area contributed by atoms with Gasteiger partial charge in [-0.3, -0.25) is 14.9 Å². The number of aromatic nitrogens is 2. The molecule has 1 fully saturated rings. The van der Waals surface area contributed by atoms with E-state index in [0.717, 1.165) is 17.7 Å². The van der Waals surface area contributed by atoms with Crippen molar-refractivity contribution in [2.45, 2.75) is 18.7 Å². The number of nitrogens with zero attached hydrogens (tertiary/aromatic N) is 4. The van der Waals surface area contributed by atoms with Crippen molar-refractivity contribution in [3.05, 3.63) is 69.4 Å². The lowest BCUT2D eigenvalue weighted by atomic mass is 10.2. The van der Waals surface area contributed by atoms with Gasteiger partial charge in [0.25, 0.3) is 11.6 Å². The fraction of sp³-hybridized carbons (Fsp3) is 0.360. The third-order valence-electron chi connectivity index (χ3n) is 6.09. The number of morpholine rings is 1. The zero-order valence-corrected chi connectivity index (χ0v) is 22.6. The van der Waals surface area contributed by atoms with Gasteiger partial charge in [0, 0.05) is 44.4 Å². The first-order chi connectivity index (χ1) is 18.6. The monoisotopic (exact) mass is 559 g/mol. The maximum atomic E-state index is 13.6. The first-order valence-electron chi connectivity index (χ1n) is 12.1. The van der Waals surface area contributed by atoms with Crippen molar-refractivity contribution in [2.24, 2.45) is 0 Å². The fourth-order valence-corrected chi connectivity index (χ4v) is 5.50. The van der Waals surface area contributed by atoms with Crippen LogP contribution in [-0.4, -0.2) is 79.9 Å². The normalized spacial score (nSPS) is 14.2. The van der Waals surface area contributed by atoms with Gasteiger partial charge in [-0.2, -0.15) is 14.1 Å². The molecule has 13 nitrogen and oxygen atoms in total. The molecule has 1 aromatic heterocycles. The predicted octanol–water partition coefficient (Wildman–Crippen LogP) is 2.59. The van der Waals surface area contributed by atoms with Crippen molar-refractivity contribution in [3.8, 4) is 17.3 Å². The van der Waals surface area contributed by atoms with E-state index in [-0.39, 0.29) is 55.1 Å². The summed E-state index contributed by atoms with van der Waals surface area (Å²) in [6, 6.07) is 10.6. The van der Waals surface area contributed by atoms with E-state index in [9.17, 15) is 23.3 Å². The van der Waals surface area contributed by atoms with E-state index >= 15 is 0 Å². The van der Waals surface area contributed by atoms with Crippen LogP contribution in [0.1, 0.15) is 21.6 Å². The summed E-state index contributed by atoms with van der Waals surface area (Å²) in [7, 11) is -2.67. The SMILES string of the molecule is COCCNC(=O)c1nn(-c2ccc(C)cc2)c(Oc2ccc([N+](=O)[O-])cc2S(=O)(=O)N2CCOCC2)c1C. The highest BCUT2D eigenvalue weighted by atomic mass is 32.2. The molecular weight excluding hydrogens is 530 g/mol. The summed E-state index contributed by atoms with van der Waals surface area (Å²) in [6.45, 7) is 4.69. The van der Waals surface area contributed by atoms with Crippen LogP contribution < -0.4 is 10.1 Å². The number of carbonyl (C=O) groups excluding carboxylic acids is 1. The summed E-state index contributed by atoms with van der Waals surface area (Å²) in [5.74, 6) is -0.525. The summed E-state index contributed by atoms with van der Waals surface area (Å²) in [6.07, 6.45) is 0. The van der Waals surface area contributed by atoms with Gasteiger partial charge >= 0.3 is 0 Å². The molecule has 1 aliphatic heterocycles. The highest BCUT2D eigenvalue weighted by Gasteiger charge is 2.32. The van der Waals surface area contributed by atoms with Crippen molar-refractivity contribution in [1.29, 1.82) is 0 Å². The molecule has 0 spiro atoms. The van der Waals surface area contributed by atoms with Gasteiger partial charge < -0.3 is 19.5 Å².